The molecule has 1 aromatic heterocycles. The predicted molar refractivity (Wildman–Crippen MR) is 141 cm³/mol. The van der Waals surface area contributed by atoms with Crippen molar-refractivity contribution in [3.8, 4) is 17.2 Å². The molecule has 8 nitrogen and oxygen atoms in total. The monoisotopic (exact) mass is 477 g/mol. The number of nitrogens with one attached hydrogen (secondary N) is 1. The number of rotatable bonds is 4. The van der Waals surface area contributed by atoms with Gasteiger partial charge in [0.1, 0.15) is 5.82 Å². The number of nitrogens with zero attached hydrogens (tertiary/aromatic N) is 5. The molecule has 3 N–H and O–H groups in total. The van der Waals surface area contributed by atoms with Gasteiger partial charge in [-0.15, -0.1) is 0 Å². The van der Waals surface area contributed by atoms with Gasteiger partial charge in [-0.05, 0) is 41.8 Å². The number of nitrogens with two attached hydrogens (primary N) is 1. The molecule has 180 valence electrons. The molecule has 0 radical (unpaired) electrons. The number of carbonyl (C=O) groups is 1. The van der Waals surface area contributed by atoms with Gasteiger partial charge in [0.25, 0.3) is 0 Å². The van der Waals surface area contributed by atoms with Crippen LogP contribution in [0.2, 0.25) is 0 Å². The normalized spacial score (nSPS) is 14.3. The number of fused-ring (bicyclic) bond motifs is 1. The van der Waals surface area contributed by atoms with Crippen LogP contribution in [0.3, 0.4) is 0 Å². The van der Waals surface area contributed by atoms with E-state index < -0.39 is 0 Å². The first kappa shape index (κ1) is 23.1. The van der Waals surface area contributed by atoms with E-state index in [9.17, 15) is 10.1 Å². The van der Waals surface area contributed by atoms with E-state index in [1.807, 2.05) is 84.6 Å². The lowest BCUT2D eigenvalue weighted by Crippen LogP contribution is -2.52. The molecule has 1 aliphatic heterocycles. The van der Waals surface area contributed by atoms with Gasteiger partial charge in [0.05, 0.1) is 23.2 Å². The molecule has 1 fully saturated rings. The van der Waals surface area contributed by atoms with Gasteiger partial charge in [-0.1, -0.05) is 54.6 Å². The lowest BCUT2D eigenvalue weighted by Gasteiger charge is -2.36. The van der Waals surface area contributed by atoms with Gasteiger partial charge in [-0.3, -0.25) is 0 Å². The molecule has 36 heavy (non-hydrogen) atoms. The Labute approximate surface area is 210 Å². The molecular formula is C28H27N7O. The smallest absolute Gasteiger partial charge is 0.317 e. The van der Waals surface area contributed by atoms with E-state index in [1.54, 1.807) is 0 Å². The highest BCUT2D eigenvalue weighted by molar-refractivity contribution is 5.94. The second-order valence-corrected chi connectivity index (χ2v) is 8.85. The van der Waals surface area contributed by atoms with E-state index in [-0.39, 0.29) is 18.0 Å². The standard InChI is InChI=1S/C28H27N7O/c1-19(20-7-3-2-4-8-20)31-28(36)35-15-13-34(14-16-35)26-24-17-21(11-12-25(24)32-27(30)33-26)23-10-6-5-9-22(23)18-29/h2-12,17,19H,13-16H2,1H3,(H,31,36)(H2,30,32,33)/t19-/m1/s1. The Kier molecular flexibility index (Phi) is 6.37. The van der Waals surface area contributed by atoms with Crippen LogP contribution in [0.5, 0.6) is 0 Å². The molecule has 1 saturated heterocycles. The van der Waals surface area contributed by atoms with E-state index in [2.05, 4.69) is 26.3 Å². The number of carbonyl (C=O) groups excluding carboxylic acids is 1. The molecule has 0 bridgehead atoms. The third-order valence-electron chi connectivity index (χ3n) is 6.56. The molecule has 1 atom stereocenters. The third-order valence-corrected chi connectivity index (χ3v) is 6.56. The van der Waals surface area contributed by atoms with Crippen LogP contribution in [-0.2, 0) is 0 Å². The molecule has 2 heterocycles. The topological polar surface area (TPSA) is 111 Å². The zero-order chi connectivity index (χ0) is 25.1. The summed E-state index contributed by atoms with van der Waals surface area (Å²) in [5.41, 5.74) is 10.2. The summed E-state index contributed by atoms with van der Waals surface area (Å²) in [5.74, 6) is 0.950. The molecular weight excluding hydrogens is 450 g/mol. The van der Waals surface area contributed by atoms with Crippen molar-refractivity contribution in [2.75, 3.05) is 36.8 Å². The highest BCUT2D eigenvalue weighted by atomic mass is 16.2. The van der Waals surface area contributed by atoms with Crippen LogP contribution in [0.1, 0.15) is 24.1 Å². The summed E-state index contributed by atoms with van der Waals surface area (Å²) in [4.78, 5) is 25.8. The molecule has 4 aromatic rings. The average Bonchev–Trinajstić information content (AvgIpc) is 2.93. The van der Waals surface area contributed by atoms with E-state index in [0.717, 1.165) is 33.4 Å². The van der Waals surface area contributed by atoms with Crippen LogP contribution in [0.25, 0.3) is 22.0 Å². The van der Waals surface area contributed by atoms with Crippen molar-refractivity contribution >= 4 is 28.7 Å². The fraction of sp³-hybridized carbons (Fsp3) is 0.214. The number of benzene rings is 3. The van der Waals surface area contributed by atoms with Crippen molar-refractivity contribution in [3.05, 3.63) is 83.9 Å². The number of nitrogen functional groups attached to an aromatic ring is 1. The number of piperazine rings is 1. The second kappa shape index (κ2) is 9.92. The second-order valence-electron chi connectivity index (χ2n) is 8.85. The summed E-state index contributed by atoms with van der Waals surface area (Å²) in [6.07, 6.45) is 0. The fourth-order valence-corrected chi connectivity index (χ4v) is 4.59. The molecule has 8 heteroatoms. The summed E-state index contributed by atoms with van der Waals surface area (Å²) in [6.45, 7) is 4.36. The van der Waals surface area contributed by atoms with Gasteiger partial charge < -0.3 is 20.9 Å². The summed E-state index contributed by atoms with van der Waals surface area (Å²) < 4.78 is 0. The van der Waals surface area contributed by atoms with Crippen LogP contribution in [-0.4, -0.2) is 47.1 Å². The summed E-state index contributed by atoms with van der Waals surface area (Å²) >= 11 is 0. The van der Waals surface area contributed by atoms with Gasteiger partial charge in [0.2, 0.25) is 5.95 Å². The van der Waals surface area contributed by atoms with Gasteiger partial charge in [-0.25, -0.2) is 9.78 Å². The lowest BCUT2D eigenvalue weighted by atomic mass is 9.99. The number of anilines is 2. The Bertz CT molecular complexity index is 1440. The summed E-state index contributed by atoms with van der Waals surface area (Å²) in [6, 6.07) is 25.4. The molecule has 0 spiro atoms. The number of hydrogen-bond donors (Lipinski definition) is 2. The Morgan fingerprint density at radius 1 is 1.00 bits per heavy atom. The van der Waals surface area contributed by atoms with E-state index in [4.69, 9.17) is 5.73 Å². The Morgan fingerprint density at radius 2 is 1.72 bits per heavy atom. The van der Waals surface area contributed by atoms with Crippen molar-refractivity contribution in [2.24, 2.45) is 0 Å². The molecule has 1 aliphatic rings. The Morgan fingerprint density at radius 3 is 2.47 bits per heavy atom. The number of nitriles is 1. The predicted octanol–water partition coefficient (Wildman–Crippen LogP) is 4.34. The first-order chi connectivity index (χ1) is 17.5. The maximum atomic E-state index is 12.9. The number of aromatic nitrogens is 2. The van der Waals surface area contributed by atoms with Crippen LogP contribution in [0.4, 0.5) is 16.6 Å². The highest BCUT2D eigenvalue weighted by Crippen LogP contribution is 2.31. The minimum Gasteiger partial charge on any atom is -0.368 e. The first-order valence-electron chi connectivity index (χ1n) is 12.0. The zero-order valence-corrected chi connectivity index (χ0v) is 20.1. The third kappa shape index (κ3) is 4.64. The van der Waals surface area contributed by atoms with Crippen molar-refractivity contribution in [3.63, 3.8) is 0 Å². The number of urea groups is 1. The van der Waals surface area contributed by atoms with Gasteiger partial charge in [-0.2, -0.15) is 10.2 Å². The van der Waals surface area contributed by atoms with Crippen molar-refractivity contribution in [1.82, 2.24) is 20.2 Å². The molecule has 5 rings (SSSR count). The SMILES string of the molecule is C[C@@H](NC(=O)N1CCN(c2nc(N)nc3ccc(-c4ccccc4C#N)cc23)CC1)c1ccccc1. The maximum Gasteiger partial charge on any atom is 0.317 e. The average molecular weight is 478 g/mol. The van der Waals surface area contributed by atoms with Gasteiger partial charge in [0.15, 0.2) is 0 Å². The summed E-state index contributed by atoms with van der Waals surface area (Å²) in [7, 11) is 0. The van der Waals surface area contributed by atoms with Gasteiger partial charge in [0, 0.05) is 31.6 Å². The van der Waals surface area contributed by atoms with Crippen LogP contribution < -0.4 is 16.0 Å². The molecule has 0 unspecified atom stereocenters. The molecule has 2 amide bonds. The van der Waals surface area contributed by atoms with Crippen molar-refractivity contribution < 1.29 is 4.79 Å². The van der Waals surface area contributed by atoms with E-state index >= 15 is 0 Å². The molecule has 3 aromatic carbocycles. The minimum absolute atomic E-state index is 0.0722. The largest absolute Gasteiger partial charge is 0.368 e. The minimum atomic E-state index is -0.0755. The quantitative estimate of drug-likeness (QED) is 0.452. The van der Waals surface area contributed by atoms with Crippen molar-refractivity contribution in [2.45, 2.75) is 13.0 Å². The van der Waals surface area contributed by atoms with Crippen LogP contribution in [0.15, 0.2) is 72.8 Å². The van der Waals surface area contributed by atoms with Crippen LogP contribution in [0, 0.1) is 11.3 Å². The van der Waals surface area contributed by atoms with Crippen LogP contribution >= 0.6 is 0 Å². The Hall–Kier alpha value is -4.64. The number of hydrogen-bond acceptors (Lipinski definition) is 6. The maximum absolute atomic E-state index is 12.9. The molecule has 0 aliphatic carbocycles. The number of amides is 2. The fourth-order valence-electron chi connectivity index (χ4n) is 4.59. The Balaban J connectivity index is 1.36. The highest BCUT2D eigenvalue weighted by Gasteiger charge is 2.25. The summed E-state index contributed by atoms with van der Waals surface area (Å²) in [5, 5.41) is 13.5. The lowest BCUT2D eigenvalue weighted by molar-refractivity contribution is 0.191. The van der Waals surface area contributed by atoms with E-state index in [0.29, 0.717) is 31.7 Å². The van der Waals surface area contributed by atoms with Crippen molar-refractivity contribution in [1.29, 1.82) is 5.26 Å². The van der Waals surface area contributed by atoms with E-state index in [1.165, 1.54) is 0 Å². The first-order valence-corrected chi connectivity index (χ1v) is 12.0. The zero-order valence-electron chi connectivity index (χ0n) is 20.1. The van der Waals surface area contributed by atoms with Gasteiger partial charge >= 0.3 is 6.03 Å². The molecule has 0 saturated carbocycles.